The van der Waals surface area contributed by atoms with E-state index in [0.717, 1.165) is 17.4 Å². The Bertz CT molecular complexity index is 1080. The van der Waals surface area contributed by atoms with Gasteiger partial charge in [-0.2, -0.15) is 0 Å². The Labute approximate surface area is 154 Å². The van der Waals surface area contributed by atoms with Crippen molar-refractivity contribution in [2.24, 2.45) is 0 Å². The zero-order chi connectivity index (χ0) is 19.2. The molecule has 5 nitrogen and oxygen atoms in total. The second-order valence-corrected chi connectivity index (χ2v) is 10.5. The Kier molecular flexibility index (Phi) is 4.48. The highest BCUT2D eigenvalue weighted by molar-refractivity contribution is 7.95. The monoisotopic (exact) mass is 391 g/mol. The fourth-order valence-corrected chi connectivity index (χ4v) is 5.00. The van der Waals surface area contributed by atoms with Gasteiger partial charge in [0.1, 0.15) is 0 Å². The van der Waals surface area contributed by atoms with Crippen molar-refractivity contribution < 1.29 is 16.8 Å². The minimum Gasteiger partial charge on any atom is -0.280 e. The van der Waals surface area contributed by atoms with Gasteiger partial charge >= 0.3 is 0 Å². The third kappa shape index (κ3) is 3.41. The quantitative estimate of drug-likeness (QED) is 0.837. The van der Waals surface area contributed by atoms with Gasteiger partial charge in [0.25, 0.3) is 10.0 Å². The van der Waals surface area contributed by atoms with E-state index < -0.39 is 19.9 Å². The molecule has 26 heavy (non-hydrogen) atoms. The van der Waals surface area contributed by atoms with Gasteiger partial charge < -0.3 is 0 Å². The Morgan fingerprint density at radius 3 is 2.31 bits per heavy atom. The molecule has 2 aromatic rings. The van der Waals surface area contributed by atoms with Gasteiger partial charge in [-0.15, -0.1) is 0 Å². The Morgan fingerprint density at radius 2 is 1.69 bits per heavy atom. The summed E-state index contributed by atoms with van der Waals surface area (Å²) in [7, 11) is -7.29. The minimum absolute atomic E-state index is 0.0307. The second-order valence-electron chi connectivity index (χ2n) is 6.97. The van der Waals surface area contributed by atoms with Crippen LogP contribution in [-0.4, -0.2) is 16.8 Å². The number of hydrogen-bond donors (Lipinski definition) is 1. The van der Waals surface area contributed by atoms with Crippen LogP contribution in [0.15, 0.2) is 57.7 Å². The molecule has 2 aromatic carbocycles. The molecular weight excluding hydrogens is 370 g/mol. The maximum Gasteiger partial charge on any atom is 0.261 e. The summed E-state index contributed by atoms with van der Waals surface area (Å²) >= 11 is 0. The van der Waals surface area contributed by atoms with E-state index in [9.17, 15) is 16.8 Å². The summed E-state index contributed by atoms with van der Waals surface area (Å²) in [6.07, 6.45) is 2.44. The van der Waals surface area contributed by atoms with Crippen molar-refractivity contribution in [2.45, 2.75) is 42.4 Å². The van der Waals surface area contributed by atoms with Crippen LogP contribution in [0.2, 0.25) is 0 Å². The van der Waals surface area contributed by atoms with E-state index in [0.29, 0.717) is 5.56 Å². The first kappa shape index (κ1) is 18.7. The SMILES string of the molecule is CCC(C)(C)c1ccc(S(=O)(=O)Nc2ccc3c(c2)S(=O)(=O)C=C3)cc1. The highest BCUT2D eigenvalue weighted by atomic mass is 32.2. The Morgan fingerprint density at radius 1 is 1.04 bits per heavy atom. The minimum atomic E-state index is -3.80. The molecule has 7 heteroatoms. The first-order chi connectivity index (χ1) is 12.0. The second kappa shape index (κ2) is 6.25. The summed E-state index contributed by atoms with van der Waals surface area (Å²) in [5, 5.41) is 1.12. The number of rotatable bonds is 5. The van der Waals surface area contributed by atoms with Gasteiger partial charge in [-0.1, -0.05) is 39.0 Å². The van der Waals surface area contributed by atoms with Gasteiger partial charge in [-0.3, -0.25) is 4.72 Å². The average Bonchev–Trinajstić information content (AvgIpc) is 2.89. The highest BCUT2D eigenvalue weighted by Crippen LogP contribution is 2.31. The van der Waals surface area contributed by atoms with Gasteiger partial charge in [0, 0.05) is 5.41 Å². The Balaban J connectivity index is 1.89. The summed E-state index contributed by atoms with van der Waals surface area (Å²) < 4.78 is 51.6. The van der Waals surface area contributed by atoms with Crippen LogP contribution in [0.4, 0.5) is 5.69 Å². The van der Waals surface area contributed by atoms with Crippen molar-refractivity contribution in [3.63, 3.8) is 0 Å². The van der Waals surface area contributed by atoms with Crippen LogP contribution in [0.3, 0.4) is 0 Å². The van der Waals surface area contributed by atoms with Crippen molar-refractivity contribution in [2.75, 3.05) is 4.72 Å². The van der Waals surface area contributed by atoms with E-state index >= 15 is 0 Å². The maximum absolute atomic E-state index is 12.6. The number of sulfonamides is 1. The molecule has 0 saturated heterocycles. The first-order valence-electron chi connectivity index (χ1n) is 8.26. The van der Waals surface area contributed by atoms with Crippen molar-refractivity contribution in [3.05, 3.63) is 59.0 Å². The van der Waals surface area contributed by atoms with Crippen LogP contribution in [-0.2, 0) is 25.3 Å². The van der Waals surface area contributed by atoms with Crippen molar-refractivity contribution in [1.82, 2.24) is 0 Å². The highest BCUT2D eigenvalue weighted by Gasteiger charge is 2.23. The lowest BCUT2D eigenvalue weighted by Crippen LogP contribution is -2.17. The number of nitrogens with one attached hydrogen (secondary N) is 1. The van der Waals surface area contributed by atoms with Crippen molar-refractivity contribution >= 4 is 31.6 Å². The molecule has 1 heterocycles. The number of hydrogen-bond acceptors (Lipinski definition) is 4. The fourth-order valence-electron chi connectivity index (χ4n) is 2.72. The van der Waals surface area contributed by atoms with Crippen molar-refractivity contribution in [3.8, 4) is 0 Å². The van der Waals surface area contributed by atoms with Gasteiger partial charge in [-0.25, -0.2) is 16.8 Å². The molecule has 0 spiro atoms. The smallest absolute Gasteiger partial charge is 0.261 e. The summed E-state index contributed by atoms with van der Waals surface area (Å²) in [5.74, 6) is 0. The van der Waals surface area contributed by atoms with E-state index in [2.05, 4.69) is 25.5 Å². The molecule has 3 rings (SSSR count). The van der Waals surface area contributed by atoms with E-state index in [1.54, 1.807) is 24.3 Å². The number of sulfone groups is 1. The average molecular weight is 392 g/mol. The fraction of sp³-hybridized carbons (Fsp3) is 0.263. The molecule has 0 atom stereocenters. The summed E-state index contributed by atoms with van der Waals surface area (Å²) in [6.45, 7) is 6.30. The van der Waals surface area contributed by atoms with Crippen LogP contribution in [0.1, 0.15) is 38.3 Å². The predicted molar refractivity (Wildman–Crippen MR) is 103 cm³/mol. The molecule has 0 amide bonds. The molecule has 0 bridgehead atoms. The third-order valence-electron chi connectivity index (χ3n) is 4.83. The topological polar surface area (TPSA) is 80.3 Å². The molecule has 0 aliphatic carbocycles. The van der Waals surface area contributed by atoms with E-state index in [1.807, 2.05) is 12.1 Å². The molecule has 0 aromatic heterocycles. The molecule has 1 N–H and O–H groups in total. The lowest BCUT2D eigenvalue weighted by atomic mass is 9.82. The number of anilines is 1. The van der Waals surface area contributed by atoms with Gasteiger partial charge in [0.05, 0.1) is 15.5 Å². The molecule has 0 radical (unpaired) electrons. The number of fused-ring (bicyclic) bond motifs is 1. The lowest BCUT2D eigenvalue weighted by molar-refractivity contribution is 0.506. The molecule has 0 unspecified atom stereocenters. The van der Waals surface area contributed by atoms with Crippen LogP contribution < -0.4 is 4.72 Å². The zero-order valence-electron chi connectivity index (χ0n) is 14.9. The molecular formula is C19H21NO4S2. The largest absolute Gasteiger partial charge is 0.280 e. The van der Waals surface area contributed by atoms with E-state index in [-0.39, 0.29) is 20.9 Å². The van der Waals surface area contributed by atoms with Crippen LogP contribution >= 0.6 is 0 Å². The summed E-state index contributed by atoms with van der Waals surface area (Å²) in [6, 6.07) is 11.2. The van der Waals surface area contributed by atoms with Crippen molar-refractivity contribution in [1.29, 1.82) is 0 Å². The van der Waals surface area contributed by atoms with Gasteiger partial charge in [0.15, 0.2) is 0 Å². The third-order valence-corrected chi connectivity index (χ3v) is 7.69. The normalized spacial score (nSPS) is 15.7. The molecule has 1 aliphatic rings. The first-order valence-corrected chi connectivity index (χ1v) is 11.3. The van der Waals surface area contributed by atoms with Gasteiger partial charge in [-0.05, 0) is 53.3 Å². The number of benzene rings is 2. The predicted octanol–water partition coefficient (Wildman–Crippen LogP) is 3.93. The van der Waals surface area contributed by atoms with Crippen LogP contribution in [0.5, 0.6) is 0 Å². The lowest BCUT2D eigenvalue weighted by Gasteiger charge is -2.23. The zero-order valence-corrected chi connectivity index (χ0v) is 16.5. The molecule has 1 aliphatic heterocycles. The maximum atomic E-state index is 12.6. The standard InChI is InChI=1S/C19H21NO4S2/c1-4-19(2,3)15-6-9-17(10-7-15)26(23,24)20-16-8-5-14-11-12-25(21,22)18(14)13-16/h5-13,20H,4H2,1-3H3. The molecule has 0 saturated carbocycles. The summed E-state index contributed by atoms with van der Waals surface area (Å²) in [4.78, 5) is 0.243. The molecule has 0 fully saturated rings. The van der Waals surface area contributed by atoms with Crippen LogP contribution in [0.25, 0.3) is 6.08 Å². The summed E-state index contributed by atoms with van der Waals surface area (Å²) in [5.41, 5.74) is 1.80. The van der Waals surface area contributed by atoms with E-state index in [1.165, 1.54) is 12.1 Å². The Hall–Kier alpha value is -2.12. The van der Waals surface area contributed by atoms with Crippen LogP contribution in [0, 0.1) is 0 Å². The van der Waals surface area contributed by atoms with E-state index in [4.69, 9.17) is 0 Å². The van der Waals surface area contributed by atoms with Gasteiger partial charge in [0.2, 0.25) is 9.84 Å². The molecule has 138 valence electrons.